The Morgan fingerprint density at radius 3 is 2.83 bits per heavy atom. The predicted octanol–water partition coefficient (Wildman–Crippen LogP) is 1.77. The molecular formula is C10H10N6O2. The van der Waals surface area contributed by atoms with E-state index < -0.39 is 0 Å². The van der Waals surface area contributed by atoms with Crippen molar-refractivity contribution >= 4 is 5.69 Å². The van der Waals surface area contributed by atoms with Crippen molar-refractivity contribution in [2.75, 3.05) is 0 Å². The van der Waals surface area contributed by atoms with Gasteiger partial charge in [0.15, 0.2) is 5.69 Å². The highest BCUT2D eigenvalue weighted by atomic mass is 16.5. The lowest BCUT2D eigenvalue weighted by atomic mass is 10.2. The average Bonchev–Trinajstić information content (AvgIpc) is 2.85. The van der Waals surface area contributed by atoms with Gasteiger partial charge in [-0.15, -0.1) is 0 Å². The summed E-state index contributed by atoms with van der Waals surface area (Å²) in [5.41, 5.74) is 1.54. The molecule has 0 N–H and O–H groups in total. The maximum absolute atomic E-state index is 11.7. The first-order chi connectivity index (χ1) is 8.54. The second kappa shape index (κ2) is 4.29. The summed E-state index contributed by atoms with van der Waals surface area (Å²) in [6.45, 7) is 3.44. The summed E-state index contributed by atoms with van der Waals surface area (Å²) in [6.07, 6.45) is 1.44. The molecule has 2 heterocycles. The molecule has 0 radical (unpaired) electrons. The van der Waals surface area contributed by atoms with E-state index in [2.05, 4.69) is 15.4 Å². The minimum atomic E-state index is 0.187. The summed E-state index contributed by atoms with van der Waals surface area (Å²) in [6, 6.07) is 1.66. The lowest BCUT2D eigenvalue weighted by Gasteiger charge is -1.97. The van der Waals surface area contributed by atoms with Crippen LogP contribution in [0.4, 0.5) is 5.69 Å². The van der Waals surface area contributed by atoms with Crippen LogP contribution in [0.5, 0.6) is 0 Å². The van der Waals surface area contributed by atoms with Gasteiger partial charge in [-0.2, -0.15) is 10.4 Å². The maximum atomic E-state index is 11.7. The Morgan fingerprint density at radius 1 is 1.56 bits per heavy atom. The minimum Gasteiger partial charge on any atom is -0.593 e. The van der Waals surface area contributed by atoms with Crippen LogP contribution in [0.2, 0.25) is 0 Å². The number of hydrogen-bond donors (Lipinski definition) is 0. The molecule has 0 aromatic carbocycles. The number of hydrogen-bond acceptors (Lipinski definition) is 6. The second-order valence-corrected chi connectivity index (χ2v) is 3.70. The molecule has 0 unspecified atom stereocenters. The van der Waals surface area contributed by atoms with Crippen LogP contribution >= 0.6 is 0 Å². The van der Waals surface area contributed by atoms with E-state index in [1.807, 2.05) is 0 Å². The molecule has 0 atom stereocenters. The van der Waals surface area contributed by atoms with E-state index in [0.717, 1.165) is 0 Å². The van der Waals surface area contributed by atoms with Crippen molar-refractivity contribution < 1.29 is 9.38 Å². The van der Waals surface area contributed by atoms with E-state index in [1.54, 1.807) is 27.0 Å². The summed E-state index contributed by atoms with van der Waals surface area (Å²) >= 11 is 0. The molecule has 2 aromatic heterocycles. The van der Waals surface area contributed by atoms with Crippen LogP contribution in [0.15, 0.2) is 15.7 Å². The summed E-state index contributed by atoms with van der Waals surface area (Å²) < 4.78 is 6.47. The molecule has 0 amide bonds. The van der Waals surface area contributed by atoms with E-state index in [9.17, 15) is 5.21 Å². The maximum Gasteiger partial charge on any atom is 0.295 e. The predicted molar refractivity (Wildman–Crippen MR) is 59.5 cm³/mol. The Kier molecular flexibility index (Phi) is 2.81. The normalized spacial score (nSPS) is 11.6. The topological polar surface area (TPSA) is 106 Å². The van der Waals surface area contributed by atoms with Gasteiger partial charge in [0.1, 0.15) is 17.1 Å². The highest BCUT2D eigenvalue weighted by Gasteiger charge is 2.25. The van der Waals surface area contributed by atoms with Gasteiger partial charge in [0.05, 0.1) is 5.11 Å². The standard InChI is InChI=1S/C10H10N6O2/c1-6-4-8(14-18-6)9-10(16(17)12-5-11)7(2)15(3)13-9/h4H,1-3H3. The molecule has 0 saturated carbocycles. The SMILES string of the molecule is Cc1cc(-c2nn(C)c(C)c2[N+]([O-])=NC#N)no1. The summed E-state index contributed by atoms with van der Waals surface area (Å²) in [5.74, 6) is 0.605. The fraction of sp³-hybridized carbons (Fsp3) is 0.300. The van der Waals surface area contributed by atoms with Crippen molar-refractivity contribution in [2.24, 2.45) is 12.2 Å². The molecule has 0 spiro atoms. The fourth-order valence-electron chi connectivity index (χ4n) is 1.57. The highest BCUT2D eigenvalue weighted by Crippen LogP contribution is 2.31. The lowest BCUT2D eigenvalue weighted by molar-refractivity contribution is -0.435. The third-order valence-electron chi connectivity index (χ3n) is 2.50. The second-order valence-electron chi connectivity index (χ2n) is 3.70. The molecule has 18 heavy (non-hydrogen) atoms. The Morgan fingerprint density at radius 2 is 2.28 bits per heavy atom. The van der Waals surface area contributed by atoms with Crippen LogP contribution in [-0.4, -0.2) is 19.8 Å². The molecule has 0 aliphatic heterocycles. The van der Waals surface area contributed by atoms with Gasteiger partial charge in [0, 0.05) is 13.1 Å². The Balaban J connectivity index is 2.66. The zero-order valence-electron chi connectivity index (χ0n) is 10.1. The van der Waals surface area contributed by atoms with Crippen molar-refractivity contribution in [3.8, 4) is 17.6 Å². The van der Waals surface area contributed by atoms with E-state index in [-0.39, 0.29) is 10.5 Å². The van der Waals surface area contributed by atoms with Crippen LogP contribution in [0, 0.1) is 30.5 Å². The Hall–Kier alpha value is -2.69. The van der Waals surface area contributed by atoms with Gasteiger partial charge in [-0.25, -0.2) is 0 Å². The summed E-state index contributed by atoms with van der Waals surface area (Å²) in [5, 5.41) is 31.3. The summed E-state index contributed by atoms with van der Waals surface area (Å²) in [7, 11) is 1.69. The molecule has 2 aromatic rings. The molecule has 0 aliphatic carbocycles. The Bertz CT molecular complexity index is 660. The molecule has 0 saturated heterocycles. The van der Waals surface area contributed by atoms with E-state index in [0.29, 0.717) is 22.8 Å². The zero-order valence-corrected chi connectivity index (χ0v) is 10.1. The summed E-state index contributed by atoms with van der Waals surface area (Å²) in [4.78, 5) is 0.238. The molecule has 0 fully saturated rings. The molecule has 92 valence electrons. The van der Waals surface area contributed by atoms with Crippen molar-refractivity contribution in [3.63, 3.8) is 0 Å². The minimum absolute atomic E-state index is 0.187. The van der Waals surface area contributed by atoms with Crippen LogP contribution in [0.1, 0.15) is 11.5 Å². The number of nitriles is 1. The highest BCUT2D eigenvalue weighted by molar-refractivity contribution is 5.67. The third-order valence-corrected chi connectivity index (χ3v) is 2.50. The van der Waals surface area contributed by atoms with Gasteiger partial charge in [0.25, 0.3) is 11.9 Å². The number of nitrogens with zero attached hydrogens (tertiary/aromatic N) is 6. The van der Waals surface area contributed by atoms with Crippen LogP contribution in [0.3, 0.4) is 0 Å². The third kappa shape index (κ3) is 1.82. The van der Waals surface area contributed by atoms with Crippen molar-refractivity contribution in [1.29, 1.82) is 5.26 Å². The lowest BCUT2D eigenvalue weighted by Crippen LogP contribution is -1.95. The van der Waals surface area contributed by atoms with Crippen molar-refractivity contribution in [1.82, 2.24) is 14.9 Å². The van der Waals surface area contributed by atoms with Crippen molar-refractivity contribution in [2.45, 2.75) is 13.8 Å². The molecule has 8 nitrogen and oxygen atoms in total. The number of azo groups is 1. The average molecular weight is 246 g/mol. The van der Waals surface area contributed by atoms with Crippen LogP contribution < -0.4 is 0 Å². The number of aryl methyl sites for hydroxylation is 2. The van der Waals surface area contributed by atoms with Crippen molar-refractivity contribution in [3.05, 3.63) is 22.7 Å². The monoisotopic (exact) mass is 246 g/mol. The molecule has 8 heteroatoms. The van der Waals surface area contributed by atoms with Gasteiger partial charge >= 0.3 is 0 Å². The largest absolute Gasteiger partial charge is 0.593 e. The van der Waals surface area contributed by atoms with E-state index in [4.69, 9.17) is 9.78 Å². The molecule has 0 bridgehead atoms. The first kappa shape index (κ1) is 11.8. The first-order valence-corrected chi connectivity index (χ1v) is 5.09. The van der Waals surface area contributed by atoms with E-state index in [1.165, 1.54) is 10.9 Å². The van der Waals surface area contributed by atoms with Gasteiger partial charge in [-0.3, -0.25) is 4.68 Å². The molecule has 0 aliphatic rings. The number of aromatic nitrogens is 3. The van der Waals surface area contributed by atoms with Gasteiger partial charge in [-0.1, -0.05) is 5.16 Å². The Labute approximate surface area is 102 Å². The smallest absolute Gasteiger partial charge is 0.295 e. The first-order valence-electron chi connectivity index (χ1n) is 5.09. The van der Waals surface area contributed by atoms with Gasteiger partial charge < -0.3 is 9.73 Å². The quantitative estimate of drug-likeness (QED) is 0.347. The number of rotatable bonds is 2. The van der Waals surface area contributed by atoms with Gasteiger partial charge in [0.2, 0.25) is 0 Å². The molecule has 2 rings (SSSR count). The molecular weight excluding hydrogens is 236 g/mol. The fourth-order valence-corrected chi connectivity index (χ4v) is 1.57. The zero-order chi connectivity index (χ0) is 13.3. The van der Waals surface area contributed by atoms with Crippen LogP contribution in [-0.2, 0) is 7.05 Å². The van der Waals surface area contributed by atoms with Crippen LogP contribution in [0.25, 0.3) is 11.4 Å². The van der Waals surface area contributed by atoms with Gasteiger partial charge in [-0.05, 0) is 18.7 Å². The van der Waals surface area contributed by atoms with E-state index >= 15 is 0 Å².